The Kier molecular flexibility index (Phi) is 4.64. The summed E-state index contributed by atoms with van der Waals surface area (Å²) < 4.78 is 25.8. The van der Waals surface area contributed by atoms with Gasteiger partial charge >= 0.3 is 0 Å². The number of carbonyl (C=O) groups excluding carboxylic acids is 1. The molecule has 1 heterocycles. The second kappa shape index (κ2) is 6.12. The SMILES string of the molecule is CCN(CC)S(=O)(=O)c1ccc2c(c1)CCN2C(=O)[C@]1(C)CC1(Cl)Cl. The molecule has 0 radical (unpaired) electrons. The molecule has 3 rings (SSSR count). The van der Waals surface area contributed by atoms with Gasteiger partial charge in [0.15, 0.2) is 0 Å². The molecular formula is C17H22Cl2N2O3S. The van der Waals surface area contributed by atoms with Gasteiger partial charge in [0, 0.05) is 25.3 Å². The van der Waals surface area contributed by atoms with Crippen molar-refractivity contribution in [2.24, 2.45) is 5.41 Å². The van der Waals surface area contributed by atoms with Crippen LogP contribution in [-0.4, -0.2) is 42.6 Å². The molecule has 5 nitrogen and oxygen atoms in total. The molecule has 1 fully saturated rings. The van der Waals surface area contributed by atoms with Crippen LogP contribution in [0.15, 0.2) is 23.1 Å². The minimum absolute atomic E-state index is 0.101. The Balaban J connectivity index is 1.91. The van der Waals surface area contributed by atoms with E-state index >= 15 is 0 Å². The average Bonchev–Trinajstić information content (AvgIpc) is 2.91. The number of amides is 1. The highest BCUT2D eigenvalue weighted by Gasteiger charge is 2.69. The number of nitrogens with zero attached hydrogens (tertiary/aromatic N) is 2. The first-order valence-corrected chi connectivity index (χ1v) is 10.6. The number of anilines is 1. The lowest BCUT2D eigenvalue weighted by Gasteiger charge is -2.23. The van der Waals surface area contributed by atoms with Gasteiger partial charge in [-0.2, -0.15) is 4.31 Å². The van der Waals surface area contributed by atoms with Crippen LogP contribution in [0.4, 0.5) is 5.69 Å². The van der Waals surface area contributed by atoms with E-state index in [2.05, 4.69) is 0 Å². The molecule has 25 heavy (non-hydrogen) atoms. The Morgan fingerprint density at radius 3 is 2.40 bits per heavy atom. The molecular weight excluding hydrogens is 383 g/mol. The third-order valence-electron chi connectivity index (χ3n) is 5.26. The number of rotatable bonds is 5. The van der Waals surface area contributed by atoms with Gasteiger partial charge in [0.2, 0.25) is 15.9 Å². The fourth-order valence-electron chi connectivity index (χ4n) is 3.39. The Morgan fingerprint density at radius 2 is 1.88 bits per heavy atom. The summed E-state index contributed by atoms with van der Waals surface area (Å²) in [6.45, 7) is 6.76. The van der Waals surface area contributed by atoms with Crippen LogP contribution in [0.1, 0.15) is 32.8 Å². The lowest BCUT2D eigenvalue weighted by Crippen LogP contribution is -2.37. The molecule has 8 heteroatoms. The monoisotopic (exact) mass is 404 g/mol. The van der Waals surface area contributed by atoms with E-state index in [4.69, 9.17) is 23.2 Å². The smallest absolute Gasteiger partial charge is 0.243 e. The summed E-state index contributed by atoms with van der Waals surface area (Å²) in [4.78, 5) is 14.8. The maximum absolute atomic E-state index is 12.8. The van der Waals surface area contributed by atoms with Crippen LogP contribution in [0, 0.1) is 5.41 Å². The molecule has 138 valence electrons. The van der Waals surface area contributed by atoms with Crippen molar-refractivity contribution in [3.05, 3.63) is 23.8 Å². The predicted octanol–water partition coefficient (Wildman–Crippen LogP) is 3.19. The summed E-state index contributed by atoms with van der Waals surface area (Å²) in [5.41, 5.74) is 0.838. The fraction of sp³-hybridized carbons (Fsp3) is 0.588. The summed E-state index contributed by atoms with van der Waals surface area (Å²) in [5, 5.41) is 0. The van der Waals surface area contributed by atoms with Gasteiger partial charge in [-0.25, -0.2) is 8.42 Å². The Hall–Kier alpha value is -0.820. The molecule has 1 aromatic rings. The van der Waals surface area contributed by atoms with E-state index in [0.717, 1.165) is 11.3 Å². The number of sulfonamides is 1. The number of fused-ring (bicyclic) bond motifs is 1. The number of benzene rings is 1. The van der Waals surface area contributed by atoms with E-state index in [9.17, 15) is 13.2 Å². The van der Waals surface area contributed by atoms with E-state index in [1.54, 1.807) is 30.0 Å². The Labute approximate surface area is 158 Å². The summed E-state index contributed by atoms with van der Waals surface area (Å²) in [6.07, 6.45) is 1.05. The minimum atomic E-state index is -3.51. The van der Waals surface area contributed by atoms with Gasteiger partial charge in [0.05, 0.1) is 10.3 Å². The van der Waals surface area contributed by atoms with Crippen molar-refractivity contribution in [1.82, 2.24) is 4.31 Å². The predicted molar refractivity (Wildman–Crippen MR) is 99.8 cm³/mol. The van der Waals surface area contributed by atoms with Crippen LogP contribution < -0.4 is 4.90 Å². The zero-order valence-electron chi connectivity index (χ0n) is 14.6. The van der Waals surface area contributed by atoms with Gasteiger partial charge in [-0.1, -0.05) is 13.8 Å². The third kappa shape index (κ3) is 2.87. The fourth-order valence-corrected chi connectivity index (χ4v) is 5.60. The van der Waals surface area contributed by atoms with Crippen molar-refractivity contribution in [2.75, 3.05) is 24.5 Å². The van der Waals surface area contributed by atoms with Crippen molar-refractivity contribution in [2.45, 2.75) is 42.8 Å². The van der Waals surface area contributed by atoms with Crippen molar-refractivity contribution in [3.8, 4) is 0 Å². The van der Waals surface area contributed by atoms with Crippen molar-refractivity contribution < 1.29 is 13.2 Å². The van der Waals surface area contributed by atoms with Gasteiger partial charge in [-0.15, -0.1) is 23.2 Å². The first kappa shape index (κ1) is 19.0. The number of hydrogen-bond donors (Lipinski definition) is 0. The number of carbonyl (C=O) groups is 1. The molecule has 0 aromatic heterocycles. The second-order valence-corrected chi connectivity index (χ2v) is 10.2. The number of alkyl halides is 2. The third-order valence-corrected chi connectivity index (χ3v) is 8.41. The van der Waals surface area contributed by atoms with Gasteiger partial charge in [0.25, 0.3) is 0 Å². The normalized spacial score (nSPS) is 24.5. The van der Waals surface area contributed by atoms with Crippen LogP contribution in [-0.2, 0) is 21.2 Å². The van der Waals surface area contributed by atoms with Crippen molar-refractivity contribution >= 4 is 44.8 Å². The molecule has 1 aromatic carbocycles. The highest BCUT2D eigenvalue weighted by molar-refractivity contribution is 7.89. The van der Waals surface area contributed by atoms with E-state index in [0.29, 0.717) is 32.5 Å². The Morgan fingerprint density at radius 1 is 1.28 bits per heavy atom. The first-order chi connectivity index (χ1) is 11.6. The molecule has 0 saturated heterocycles. The maximum atomic E-state index is 12.8. The lowest BCUT2D eigenvalue weighted by molar-refractivity contribution is -0.123. The van der Waals surface area contributed by atoms with Crippen molar-refractivity contribution in [3.63, 3.8) is 0 Å². The molecule has 1 aliphatic heterocycles. The molecule has 0 unspecified atom stereocenters. The quantitative estimate of drug-likeness (QED) is 0.707. The summed E-state index contributed by atoms with van der Waals surface area (Å²) >= 11 is 12.3. The van der Waals surface area contributed by atoms with E-state index in [1.807, 2.05) is 13.8 Å². The van der Waals surface area contributed by atoms with Gasteiger partial charge in [0.1, 0.15) is 4.33 Å². The Bertz CT molecular complexity index is 821. The van der Waals surface area contributed by atoms with Gasteiger partial charge < -0.3 is 4.90 Å². The van der Waals surface area contributed by atoms with Crippen molar-refractivity contribution in [1.29, 1.82) is 0 Å². The lowest BCUT2D eigenvalue weighted by atomic mass is 10.1. The first-order valence-electron chi connectivity index (χ1n) is 8.41. The maximum Gasteiger partial charge on any atom is 0.243 e. The molecule has 2 aliphatic rings. The minimum Gasteiger partial charge on any atom is -0.311 e. The molecule has 1 saturated carbocycles. The second-order valence-electron chi connectivity index (χ2n) is 6.80. The molecule has 1 aliphatic carbocycles. The van der Waals surface area contributed by atoms with Gasteiger partial charge in [-0.3, -0.25) is 4.79 Å². The van der Waals surface area contributed by atoms with Gasteiger partial charge in [-0.05, 0) is 43.5 Å². The van der Waals surface area contributed by atoms with Crippen LogP contribution in [0.3, 0.4) is 0 Å². The van der Waals surface area contributed by atoms with Crippen LogP contribution >= 0.6 is 23.2 Å². The van der Waals surface area contributed by atoms with E-state index in [-0.39, 0.29) is 10.8 Å². The zero-order valence-corrected chi connectivity index (χ0v) is 16.9. The molecule has 1 atom stereocenters. The van der Waals surface area contributed by atoms with E-state index < -0.39 is 19.8 Å². The van der Waals surface area contributed by atoms with E-state index in [1.165, 1.54) is 4.31 Å². The topological polar surface area (TPSA) is 57.7 Å². The summed E-state index contributed by atoms with van der Waals surface area (Å²) in [7, 11) is -3.51. The molecule has 0 bridgehead atoms. The highest BCUT2D eigenvalue weighted by atomic mass is 35.5. The number of hydrogen-bond acceptors (Lipinski definition) is 3. The van der Waals surface area contributed by atoms with Crippen LogP contribution in [0.25, 0.3) is 0 Å². The van der Waals surface area contributed by atoms with Crippen LogP contribution in [0.5, 0.6) is 0 Å². The zero-order chi connectivity index (χ0) is 18.6. The summed E-state index contributed by atoms with van der Waals surface area (Å²) in [6, 6.07) is 4.97. The standard InChI is InChI=1S/C17H22Cl2N2O3S/c1-4-20(5-2)25(23,24)13-6-7-14-12(10-13)8-9-21(14)15(22)16(3)11-17(16,18)19/h6-7,10H,4-5,8-9,11H2,1-3H3/t16-/m0/s1. The number of halogens is 2. The summed E-state index contributed by atoms with van der Waals surface area (Å²) in [5.74, 6) is -0.101. The highest BCUT2D eigenvalue weighted by Crippen LogP contribution is 2.64. The molecule has 0 N–H and O–H groups in total. The van der Waals surface area contributed by atoms with Crippen LogP contribution in [0.2, 0.25) is 0 Å². The molecule has 0 spiro atoms. The molecule has 1 amide bonds. The largest absolute Gasteiger partial charge is 0.311 e. The average molecular weight is 405 g/mol.